The van der Waals surface area contributed by atoms with Crippen molar-refractivity contribution in [1.82, 2.24) is 13.9 Å². The minimum atomic E-state index is -3.31. The largest absolute Gasteiger partial charge is 0.299 e. The highest BCUT2D eigenvalue weighted by Crippen LogP contribution is 2.27. The van der Waals surface area contributed by atoms with Gasteiger partial charge in [0.25, 0.3) is 10.2 Å². The Morgan fingerprint density at radius 2 is 2.05 bits per heavy atom. The van der Waals surface area contributed by atoms with Crippen LogP contribution in [0.15, 0.2) is 0 Å². The monoisotopic (exact) mass is 289 g/mol. The summed E-state index contributed by atoms with van der Waals surface area (Å²) in [7, 11) is -1.64. The Kier molecular flexibility index (Phi) is 5.22. The lowest BCUT2D eigenvalue weighted by Crippen LogP contribution is -2.50. The molecular formula is C13H27N3O2S. The molecule has 2 rings (SSSR count). The van der Waals surface area contributed by atoms with E-state index < -0.39 is 10.2 Å². The van der Waals surface area contributed by atoms with Crippen molar-refractivity contribution >= 4 is 10.2 Å². The van der Waals surface area contributed by atoms with Gasteiger partial charge < -0.3 is 0 Å². The van der Waals surface area contributed by atoms with E-state index in [0.717, 1.165) is 38.8 Å². The summed E-state index contributed by atoms with van der Waals surface area (Å²) in [6.45, 7) is 4.85. The molecule has 2 aliphatic heterocycles. The Morgan fingerprint density at radius 1 is 1.26 bits per heavy atom. The second-order valence-electron chi connectivity index (χ2n) is 5.79. The fraction of sp³-hybridized carbons (Fsp3) is 1.00. The number of hydrogen-bond donors (Lipinski definition) is 1. The van der Waals surface area contributed by atoms with Gasteiger partial charge in [-0.3, -0.25) is 4.90 Å². The third kappa shape index (κ3) is 3.68. The first kappa shape index (κ1) is 15.2. The predicted molar refractivity (Wildman–Crippen MR) is 77.2 cm³/mol. The third-order valence-corrected chi connectivity index (χ3v) is 6.00. The lowest BCUT2D eigenvalue weighted by atomic mass is 10.00. The zero-order chi connectivity index (χ0) is 13.9. The average molecular weight is 289 g/mol. The van der Waals surface area contributed by atoms with Gasteiger partial charge in [0, 0.05) is 32.2 Å². The fourth-order valence-corrected chi connectivity index (χ4v) is 4.37. The summed E-state index contributed by atoms with van der Waals surface area (Å²) >= 11 is 0. The van der Waals surface area contributed by atoms with E-state index in [1.54, 1.807) is 7.05 Å². The van der Waals surface area contributed by atoms with Crippen molar-refractivity contribution in [1.29, 1.82) is 0 Å². The van der Waals surface area contributed by atoms with Crippen LogP contribution in [0.1, 0.15) is 45.4 Å². The fourth-order valence-electron chi connectivity index (χ4n) is 3.17. The van der Waals surface area contributed by atoms with Gasteiger partial charge in [-0.1, -0.05) is 19.8 Å². The highest BCUT2D eigenvalue weighted by Gasteiger charge is 2.38. The number of nitrogens with one attached hydrogen (secondary N) is 1. The van der Waals surface area contributed by atoms with Crippen molar-refractivity contribution in [2.75, 3.05) is 26.7 Å². The van der Waals surface area contributed by atoms with Crippen LogP contribution in [-0.2, 0) is 10.2 Å². The van der Waals surface area contributed by atoms with E-state index in [9.17, 15) is 8.42 Å². The molecule has 0 spiro atoms. The maximum Gasteiger partial charge on any atom is 0.279 e. The summed E-state index contributed by atoms with van der Waals surface area (Å²) in [6, 6.07) is 0.525. The summed E-state index contributed by atoms with van der Waals surface area (Å²) in [5.41, 5.74) is 0. The molecule has 2 aliphatic rings. The quantitative estimate of drug-likeness (QED) is 0.799. The van der Waals surface area contributed by atoms with Crippen molar-refractivity contribution in [3.8, 4) is 0 Å². The predicted octanol–water partition coefficient (Wildman–Crippen LogP) is 1.18. The van der Waals surface area contributed by atoms with Crippen molar-refractivity contribution < 1.29 is 8.42 Å². The van der Waals surface area contributed by atoms with Gasteiger partial charge in [-0.05, 0) is 32.2 Å². The van der Waals surface area contributed by atoms with E-state index in [-0.39, 0.29) is 6.04 Å². The van der Waals surface area contributed by atoms with Gasteiger partial charge in [0.15, 0.2) is 0 Å². The Bertz CT molecular complexity index is 385. The van der Waals surface area contributed by atoms with Crippen LogP contribution in [0.2, 0.25) is 0 Å². The van der Waals surface area contributed by atoms with Gasteiger partial charge in [0.2, 0.25) is 0 Å². The second kappa shape index (κ2) is 6.52. The summed E-state index contributed by atoms with van der Waals surface area (Å²) in [5.74, 6) is 0. The third-order valence-electron chi connectivity index (χ3n) is 4.39. The lowest BCUT2D eigenvalue weighted by Gasteiger charge is -2.33. The summed E-state index contributed by atoms with van der Waals surface area (Å²) < 4.78 is 28.9. The van der Waals surface area contributed by atoms with Crippen molar-refractivity contribution in [3.63, 3.8) is 0 Å². The molecule has 0 saturated carbocycles. The zero-order valence-corrected chi connectivity index (χ0v) is 13.0. The normalized spacial score (nSPS) is 28.8. The van der Waals surface area contributed by atoms with E-state index in [1.807, 2.05) is 0 Å². The van der Waals surface area contributed by atoms with Crippen LogP contribution in [0.3, 0.4) is 0 Å². The first-order valence-corrected chi connectivity index (χ1v) is 8.96. The van der Waals surface area contributed by atoms with Crippen molar-refractivity contribution in [2.45, 2.75) is 57.5 Å². The summed E-state index contributed by atoms with van der Waals surface area (Å²) in [6.07, 6.45) is 6.49. The molecule has 0 radical (unpaired) electrons. The highest BCUT2D eigenvalue weighted by molar-refractivity contribution is 7.87. The molecule has 0 aromatic carbocycles. The maximum absolute atomic E-state index is 12.3. The summed E-state index contributed by atoms with van der Waals surface area (Å²) in [5, 5.41) is 0. The molecule has 1 N–H and O–H groups in total. The Hall–Kier alpha value is -0.170. The van der Waals surface area contributed by atoms with Gasteiger partial charge in [0.1, 0.15) is 0 Å². The van der Waals surface area contributed by atoms with Crippen LogP contribution in [0.5, 0.6) is 0 Å². The molecule has 0 aromatic heterocycles. The van der Waals surface area contributed by atoms with Crippen LogP contribution >= 0.6 is 0 Å². The van der Waals surface area contributed by atoms with E-state index in [0.29, 0.717) is 12.6 Å². The van der Waals surface area contributed by atoms with E-state index in [4.69, 9.17) is 0 Å². The van der Waals surface area contributed by atoms with E-state index in [1.165, 1.54) is 17.1 Å². The molecular weight excluding hydrogens is 262 g/mol. The molecule has 2 heterocycles. The van der Waals surface area contributed by atoms with Gasteiger partial charge in [-0.25, -0.2) is 0 Å². The number of fused-ring (bicyclic) bond motifs is 1. The molecule has 0 unspecified atom stereocenters. The van der Waals surface area contributed by atoms with Crippen LogP contribution in [0, 0.1) is 0 Å². The Balaban J connectivity index is 1.92. The number of nitrogens with zero attached hydrogens (tertiary/aromatic N) is 2. The molecule has 0 aromatic rings. The molecule has 0 amide bonds. The second-order valence-corrected chi connectivity index (χ2v) is 7.60. The SMILES string of the molecule is CCCCN(C)S(=O)(=O)N[C@H]1CCN2CCCC[C@H]12. The minimum Gasteiger partial charge on any atom is -0.299 e. The van der Waals surface area contributed by atoms with E-state index >= 15 is 0 Å². The van der Waals surface area contributed by atoms with Gasteiger partial charge in [0.05, 0.1) is 0 Å². The number of hydrogen-bond acceptors (Lipinski definition) is 3. The standard InChI is InChI=1S/C13H27N3O2S/c1-3-4-9-15(2)19(17,18)14-12-8-11-16-10-6-5-7-13(12)16/h12-14H,3-11H2,1-2H3/t12-,13+/m0/s1. The molecule has 5 nitrogen and oxygen atoms in total. The van der Waals surface area contributed by atoms with Crippen LogP contribution in [0.4, 0.5) is 0 Å². The van der Waals surface area contributed by atoms with Gasteiger partial charge in [-0.2, -0.15) is 17.4 Å². The Morgan fingerprint density at radius 3 is 2.79 bits per heavy atom. The molecule has 112 valence electrons. The maximum atomic E-state index is 12.3. The number of rotatable bonds is 6. The van der Waals surface area contributed by atoms with Crippen LogP contribution in [0.25, 0.3) is 0 Å². The molecule has 19 heavy (non-hydrogen) atoms. The highest BCUT2D eigenvalue weighted by atomic mass is 32.2. The first-order valence-electron chi connectivity index (χ1n) is 7.52. The molecule has 0 aliphatic carbocycles. The van der Waals surface area contributed by atoms with E-state index in [2.05, 4.69) is 16.5 Å². The Labute approximate surface area is 117 Å². The molecule has 2 atom stereocenters. The molecule has 0 bridgehead atoms. The molecule has 6 heteroatoms. The zero-order valence-electron chi connectivity index (χ0n) is 12.1. The minimum absolute atomic E-state index is 0.106. The first-order chi connectivity index (χ1) is 9.04. The number of unbranched alkanes of at least 4 members (excludes halogenated alkanes) is 1. The lowest BCUT2D eigenvalue weighted by molar-refractivity contribution is 0.185. The average Bonchev–Trinajstić information content (AvgIpc) is 2.79. The van der Waals surface area contributed by atoms with Crippen molar-refractivity contribution in [3.05, 3.63) is 0 Å². The van der Waals surface area contributed by atoms with Gasteiger partial charge >= 0.3 is 0 Å². The van der Waals surface area contributed by atoms with Crippen LogP contribution in [-0.4, -0.2) is 56.4 Å². The van der Waals surface area contributed by atoms with Gasteiger partial charge in [-0.15, -0.1) is 0 Å². The van der Waals surface area contributed by atoms with Crippen molar-refractivity contribution in [2.24, 2.45) is 0 Å². The van der Waals surface area contributed by atoms with Crippen LogP contribution < -0.4 is 4.72 Å². The smallest absolute Gasteiger partial charge is 0.279 e. The topological polar surface area (TPSA) is 52.7 Å². The molecule has 2 saturated heterocycles. The number of piperidine rings is 1. The summed E-state index contributed by atoms with van der Waals surface area (Å²) in [4.78, 5) is 2.45. The molecule has 2 fully saturated rings.